The Labute approximate surface area is 166 Å². The Morgan fingerprint density at radius 2 is 2.00 bits per heavy atom. The summed E-state index contributed by atoms with van der Waals surface area (Å²) in [6.07, 6.45) is 0. The number of piperazine rings is 1. The zero-order chi connectivity index (χ0) is 19.4. The molecule has 2 aromatic carbocycles. The van der Waals surface area contributed by atoms with Gasteiger partial charge in [0.1, 0.15) is 5.82 Å². The maximum absolute atomic E-state index is 13.6. The highest BCUT2D eigenvalue weighted by atomic mass is 35.5. The van der Waals surface area contributed by atoms with Crippen molar-refractivity contribution in [2.75, 3.05) is 26.7 Å². The van der Waals surface area contributed by atoms with Gasteiger partial charge in [-0.1, -0.05) is 12.1 Å². The third kappa shape index (κ3) is 4.88. The summed E-state index contributed by atoms with van der Waals surface area (Å²) in [6.45, 7) is -1.60. The first-order valence-corrected chi connectivity index (χ1v) is 8.39. The van der Waals surface area contributed by atoms with E-state index < -0.39 is 6.61 Å². The van der Waals surface area contributed by atoms with Crippen LogP contribution in [-0.4, -0.2) is 44.2 Å². The van der Waals surface area contributed by atoms with Crippen LogP contribution in [0.3, 0.4) is 0 Å². The molecule has 1 amide bonds. The van der Waals surface area contributed by atoms with Gasteiger partial charge in [-0.3, -0.25) is 4.79 Å². The van der Waals surface area contributed by atoms with E-state index in [1.54, 1.807) is 17.0 Å². The first-order valence-electron chi connectivity index (χ1n) is 8.39. The predicted octanol–water partition coefficient (Wildman–Crippen LogP) is 3.64. The molecule has 0 bridgehead atoms. The maximum atomic E-state index is 13.6. The zero-order valence-corrected chi connectivity index (χ0v) is 15.8. The number of methoxy groups -OCH3 is 1. The minimum Gasteiger partial charge on any atom is -0.493 e. The van der Waals surface area contributed by atoms with Crippen LogP contribution in [0.4, 0.5) is 13.2 Å². The van der Waals surface area contributed by atoms with E-state index in [-0.39, 0.29) is 47.2 Å². The Morgan fingerprint density at radius 3 is 2.68 bits per heavy atom. The van der Waals surface area contributed by atoms with E-state index in [2.05, 4.69) is 10.1 Å². The molecule has 5 nitrogen and oxygen atoms in total. The molecule has 3 rings (SSSR count). The van der Waals surface area contributed by atoms with Gasteiger partial charge in [0, 0.05) is 25.2 Å². The quantitative estimate of drug-likeness (QED) is 0.808. The summed E-state index contributed by atoms with van der Waals surface area (Å²) in [7, 11) is 1.32. The standard InChI is InChI=1S/C19H19F3N2O3.ClH/c1-26-16-6-5-13(10-17(16)27-19(21)22)18(25)24-8-7-23-11-15(24)12-3-2-4-14(20)9-12;/h2-6,9-10,15,19,23H,7-8,11H2,1H3;1H. The molecule has 1 N–H and O–H groups in total. The number of nitrogens with zero attached hydrogens (tertiary/aromatic N) is 1. The van der Waals surface area contributed by atoms with Crippen LogP contribution in [0, 0.1) is 5.82 Å². The molecule has 1 saturated heterocycles. The largest absolute Gasteiger partial charge is 0.493 e. The van der Waals surface area contributed by atoms with Gasteiger partial charge in [0.05, 0.1) is 13.2 Å². The van der Waals surface area contributed by atoms with Crippen molar-refractivity contribution in [3.63, 3.8) is 0 Å². The van der Waals surface area contributed by atoms with Gasteiger partial charge in [-0.25, -0.2) is 4.39 Å². The number of halogens is 4. The Bertz CT molecular complexity index is 823. The summed E-state index contributed by atoms with van der Waals surface area (Å²) >= 11 is 0. The van der Waals surface area contributed by atoms with E-state index in [4.69, 9.17) is 4.74 Å². The van der Waals surface area contributed by atoms with Gasteiger partial charge in [0.2, 0.25) is 0 Å². The molecular weight excluding hydrogens is 397 g/mol. The predicted molar refractivity (Wildman–Crippen MR) is 99.9 cm³/mol. The molecule has 0 spiro atoms. The normalized spacial score (nSPS) is 16.5. The topological polar surface area (TPSA) is 50.8 Å². The second-order valence-corrected chi connectivity index (χ2v) is 6.02. The lowest BCUT2D eigenvalue weighted by atomic mass is 10.0. The van der Waals surface area contributed by atoms with Crippen LogP contribution in [0.15, 0.2) is 42.5 Å². The van der Waals surface area contributed by atoms with E-state index in [0.29, 0.717) is 25.2 Å². The van der Waals surface area contributed by atoms with Gasteiger partial charge >= 0.3 is 6.61 Å². The first-order chi connectivity index (χ1) is 13.0. The van der Waals surface area contributed by atoms with E-state index in [1.165, 1.54) is 37.4 Å². The highest BCUT2D eigenvalue weighted by Gasteiger charge is 2.29. The van der Waals surface area contributed by atoms with Crippen molar-refractivity contribution in [1.82, 2.24) is 10.2 Å². The minimum absolute atomic E-state index is 0. The zero-order valence-electron chi connectivity index (χ0n) is 15.0. The number of carbonyl (C=O) groups is 1. The summed E-state index contributed by atoms with van der Waals surface area (Å²) in [5.74, 6) is -0.847. The fourth-order valence-corrected chi connectivity index (χ4v) is 3.12. The molecule has 1 aliphatic rings. The lowest BCUT2D eigenvalue weighted by molar-refractivity contribution is -0.0512. The van der Waals surface area contributed by atoms with Gasteiger partial charge < -0.3 is 19.7 Å². The van der Waals surface area contributed by atoms with Crippen molar-refractivity contribution < 1.29 is 27.4 Å². The number of benzene rings is 2. The number of ether oxygens (including phenoxy) is 2. The molecule has 9 heteroatoms. The fourth-order valence-electron chi connectivity index (χ4n) is 3.12. The first kappa shape index (κ1) is 21.8. The molecule has 1 heterocycles. The van der Waals surface area contributed by atoms with Crippen LogP contribution < -0.4 is 14.8 Å². The second-order valence-electron chi connectivity index (χ2n) is 6.02. The summed E-state index contributed by atoms with van der Waals surface area (Å²) < 4.78 is 48.3. The molecule has 1 atom stereocenters. The third-order valence-corrected chi connectivity index (χ3v) is 4.36. The van der Waals surface area contributed by atoms with E-state index in [0.717, 1.165) is 0 Å². The van der Waals surface area contributed by atoms with Crippen molar-refractivity contribution in [2.24, 2.45) is 0 Å². The average molecular weight is 417 g/mol. The lowest BCUT2D eigenvalue weighted by Crippen LogP contribution is -2.48. The van der Waals surface area contributed by atoms with Crippen LogP contribution in [0.1, 0.15) is 22.0 Å². The molecule has 28 heavy (non-hydrogen) atoms. The van der Waals surface area contributed by atoms with Crippen molar-refractivity contribution in [2.45, 2.75) is 12.7 Å². The van der Waals surface area contributed by atoms with Gasteiger partial charge in [-0.2, -0.15) is 8.78 Å². The SMILES string of the molecule is COc1ccc(C(=O)N2CCNCC2c2cccc(F)c2)cc1OC(F)F.Cl. The average Bonchev–Trinajstić information content (AvgIpc) is 2.67. The Morgan fingerprint density at radius 1 is 1.21 bits per heavy atom. The summed E-state index contributed by atoms with van der Waals surface area (Å²) in [5, 5.41) is 3.18. The number of rotatable bonds is 5. The maximum Gasteiger partial charge on any atom is 0.387 e. The smallest absolute Gasteiger partial charge is 0.387 e. The number of hydrogen-bond acceptors (Lipinski definition) is 4. The Hall–Kier alpha value is -2.45. The van der Waals surface area contributed by atoms with Crippen LogP contribution in [0.2, 0.25) is 0 Å². The molecule has 1 aliphatic heterocycles. The molecule has 0 saturated carbocycles. The van der Waals surface area contributed by atoms with Crippen molar-refractivity contribution in [3.05, 3.63) is 59.4 Å². The molecule has 1 fully saturated rings. The fraction of sp³-hybridized carbons (Fsp3) is 0.316. The number of carbonyl (C=O) groups excluding carboxylic acids is 1. The highest BCUT2D eigenvalue weighted by Crippen LogP contribution is 2.31. The van der Waals surface area contributed by atoms with Crippen LogP contribution in [0.25, 0.3) is 0 Å². The summed E-state index contributed by atoms with van der Waals surface area (Å²) in [5.41, 5.74) is 0.850. The lowest BCUT2D eigenvalue weighted by Gasteiger charge is -2.36. The molecule has 2 aromatic rings. The number of amides is 1. The van der Waals surface area contributed by atoms with E-state index >= 15 is 0 Å². The number of alkyl halides is 2. The third-order valence-electron chi connectivity index (χ3n) is 4.36. The molecule has 0 aliphatic carbocycles. The number of nitrogens with one attached hydrogen (secondary N) is 1. The van der Waals surface area contributed by atoms with Crippen molar-refractivity contribution in [3.8, 4) is 11.5 Å². The monoisotopic (exact) mass is 416 g/mol. The summed E-state index contributed by atoms with van der Waals surface area (Å²) in [4.78, 5) is 14.6. The van der Waals surface area contributed by atoms with Crippen LogP contribution >= 0.6 is 12.4 Å². The summed E-state index contributed by atoms with van der Waals surface area (Å²) in [6, 6.07) is 9.82. The minimum atomic E-state index is -3.04. The molecule has 152 valence electrons. The van der Waals surface area contributed by atoms with Crippen molar-refractivity contribution in [1.29, 1.82) is 0 Å². The van der Waals surface area contributed by atoms with Gasteiger partial charge in [-0.15, -0.1) is 12.4 Å². The van der Waals surface area contributed by atoms with Crippen LogP contribution in [0.5, 0.6) is 11.5 Å². The van der Waals surface area contributed by atoms with E-state index in [1.807, 2.05) is 0 Å². The second kappa shape index (κ2) is 9.66. The molecule has 1 unspecified atom stereocenters. The van der Waals surface area contributed by atoms with Crippen LogP contribution in [-0.2, 0) is 0 Å². The molecule has 0 radical (unpaired) electrons. The Kier molecular flexibility index (Phi) is 7.53. The van der Waals surface area contributed by atoms with E-state index in [9.17, 15) is 18.0 Å². The highest BCUT2D eigenvalue weighted by molar-refractivity contribution is 5.95. The molecular formula is C19H20ClF3N2O3. The van der Waals surface area contributed by atoms with Gasteiger partial charge in [0.25, 0.3) is 5.91 Å². The Balaban J connectivity index is 0.00000280. The van der Waals surface area contributed by atoms with Gasteiger partial charge in [0.15, 0.2) is 11.5 Å². The number of hydrogen-bond donors (Lipinski definition) is 1. The van der Waals surface area contributed by atoms with Gasteiger partial charge in [-0.05, 0) is 35.9 Å². The molecule has 0 aromatic heterocycles. The van der Waals surface area contributed by atoms with Crippen molar-refractivity contribution >= 4 is 18.3 Å².